The molecule has 4 aromatic rings. The number of halogens is 9. The molecule has 6 nitrogen and oxygen atoms in total. The Morgan fingerprint density at radius 1 is 0.636 bits per heavy atom. The highest BCUT2D eigenvalue weighted by molar-refractivity contribution is 6.34. The topological polar surface area (TPSA) is 98.7 Å². The number of hydrogen-bond acceptors (Lipinski definition) is 4. The normalized spacial score (nSPS) is 11.3. The van der Waals surface area contributed by atoms with E-state index in [2.05, 4.69) is 5.32 Å². The number of aryl methyl sites for hydroxylation is 1. The van der Waals surface area contributed by atoms with Crippen LogP contribution in [0.3, 0.4) is 0 Å². The minimum atomic E-state index is -5.04. The second-order valence-electron chi connectivity index (χ2n) is 9.01. The second kappa shape index (κ2) is 13.7. The van der Waals surface area contributed by atoms with Crippen LogP contribution in [0.5, 0.6) is 11.5 Å². The number of carbonyl (C=O) groups excluding carboxylic acids is 2. The fourth-order valence-electron chi connectivity index (χ4n) is 3.52. The van der Waals surface area contributed by atoms with Gasteiger partial charge in [-0.15, -0.1) is 0 Å². The lowest BCUT2D eigenvalue weighted by Crippen LogP contribution is -2.16. The van der Waals surface area contributed by atoms with Crippen molar-refractivity contribution in [3.63, 3.8) is 0 Å². The maximum atomic E-state index is 12.8. The third-order valence-corrected chi connectivity index (χ3v) is 6.41. The van der Waals surface area contributed by atoms with E-state index in [0.717, 1.165) is 17.7 Å². The average Bonchev–Trinajstić information content (AvgIpc) is 2.92. The number of amides is 2. The zero-order valence-electron chi connectivity index (χ0n) is 22.0. The highest BCUT2D eigenvalue weighted by atomic mass is 35.5. The largest absolute Gasteiger partial charge is 0.507 e. The molecule has 2 amide bonds. The molecule has 0 fully saturated rings. The highest BCUT2D eigenvalue weighted by Crippen LogP contribution is 2.38. The Morgan fingerprint density at radius 2 is 1.09 bits per heavy atom. The van der Waals surface area contributed by atoms with Gasteiger partial charge in [0, 0.05) is 15.7 Å². The maximum absolute atomic E-state index is 12.8. The molecular formula is C29H19Cl3F6N2O4. The van der Waals surface area contributed by atoms with E-state index in [1.807, 2.05) is 18.3 Å². The first-order valence-electron chi connectivity index (χ1n) is 12.0. The minimum absolute atomic E-state index is 0.0444. The van der Waals surface area contributed by atoms with Gasteiger partial charge in [0.05, 0.1) is 33.0 Å². The van der Waals surface area contributed by atoms with E-state index in [4.69, 9.17) is 34.8 Å². The van der Waals surface area contributed by atoms with E-state index in [1.54, 1.807) is 12.1 Å². The summed E-state index contributed by atoms with van der Waals surface area (Å²) in [7, 11) is 0. The molecule has 4 rings (SSSR count). The van der Waals surface area contributed by atoms with Gasteiger partial charge in [-0.3, -0.25) is 9.59 Å². The molecule has 0 saturated carbocycles. The van der Waals surface area contributed by atoms with Crippen molar-refractivity contribution in [1.29, 1.82) is 0 Å². The molecule has 0 atom stereocenters. The molecule has 0 unspecified atom stereocenters. The van der Waals surface area contributed by atoms with E-state index in [0.29, 0.717) is 27.9 Å². The predicted molar refractivity (Wildman–Crippen MR) is 155 cm³/mol. The summed E-state index contributed by atoms with van der Waals surface area (Å²) in [5.74, 6) is -2.26. The van der Waals surface area contributed by atoms with Crippen LogP contribution in [0.1, 0.15) is 37.4 Å². The molecule has 44 heavy (non-hydrogen) atoms. The Bertz CT molecular complexity index is 1680. The Kier molecular flexibility index (Phi) is 10.7. The first-order chi connectivity index (χ1) is 20.3. The molecule has 0 aliphatic carbocycles. The summed E-state index contributed by atoms with van der Waals surface area (Å²) in [6.07, 6.45) is -10.1. The molecule has 0 saturated heterocycles. The molecule has 4 aromatic carbocycles. The highest BCUT2D eigenvalue weighted by Gasteiger charge is 2.37. The van der Waals surface area contributed by atoms with Crippen LogP contribution in [0.15, 0.2) is 72.8 Å². The van der Waals surface area contributed by atoms with Crippen LogP contribution in [-0.4, -0.2) is 22.0 Å². The van der Waals surface area contributed by atoms with Crippen molar-refractivity contribution < 1.29 is 46.1 Å². The van der Waals surface area contributed by atoms with E-state index in [9.17, 15) is 46.1 Å². The van der Waals surface area contributed by atoms with Crippen molar-refractivity contribution in [2.75, 3.05) is 10.6 Å². The molecule has 0 heterocycles. The van der Waals surface area contributed by atoms with Gasteiger partial charge >= 0.3 is 12.4 Å². The number of alkyl halides is 6. The van der Waals surface area contributed by atoms with Crippen molar-refractivity contribution in [2.45, 2.75) is 19.3 Å². The number of benzene rings is 4. The summed E-state index contributed by atoms with van der Waals surface area (Å²) in [6, 6.07) is 13.5. The van der Waals surface area contributed by atoms with E-state index in [1.165, 1.54) is 24.3 Å². The molecule has 0 radical (unpaired) electrons. The molecule has 0 spiro atoms. The number of anilines is 2. The van der Waals surface area contributed by atoms with Crippen molar-refractivity contribution in [2.24, 2.45) is 0 Å². The third kappa shape index (κ3) is 9.18. The Labute approximate surface area is 260 Å². The van der Waals surface area contributed by atoms with E-state index >= 15 is 0 Å². The number of carbonyl (C=O) groups is 2. The van der Waals surface area contributed by atoms with Gasteiger partial charge in [0.2, 0.25) is 0 Å². The number of aromatic hydroxyl groups is 2. The van der Waals surface area contributed by atoms with Gasteiger partial charge in [0.15, 0.2) is 0 Å². The molecule has 0 aliphatic rings. The van der Waals surface area contributed by atoms with Gasteiger partial charge in [0.1, 0.15) is 11.5 Å². The maximum Gasteiger partial charge on any atom is 0.416 e. The van der Waals surface area contributed by atoms with Crippen molar-refractivity contribution in [3.05, 3.63) is 116 Å². The Balaban J connectivity index is 0.000000249. The SMILES string of the molecule is Cc1ccc(NC(=O)c2cc(Cl)ccc2O)c(Cl)c1.O=C(Nc1cc(C(F)(F)F)cc(C(F)(F)F)c1)c1cc(Cl)ccc1O. The number of rotatable bonds is 4. The molecule has 15 heteroatoms. The summed E-state index contributed by atoms with van der Waals surface area (Å²) in [6.45, 7) is 1.90. The summed E-state index contributed by atoms with van der Waals surface area (Å²) < 4.78 is 76.7. The number of phenols is 2. The number of nitrogens with one attached hydrogen (secondary N) is 2. The number of hydrogen-bond donors (Lipinski definition) is 4. The summed E-state index contributed by atoms with van der Waals surface area (Å²) in [5.41, 5.74) is -2.71. The monoisotopic (exact) mass is 678 g/mol. The smallest absolute Gasteiger partial charge is 0.416 e. The molecule has 0 aliphatic heterocycles. The first-order valence-corrected chi connectivity index (χ1v) is 13.1. The molecule has 4 N–H and O–H groups in total. The van der Waals surface area contributed by atoms with E-state index in [-0.39, 0.29) is 22.4 Å². The quantitative estimate of drug-likeness (QED) is 0.162. The molecule has 232 valence electrons. The summed E-state index contributed by atoms with van der Waals surface area (Å²) in [4.78, 5) is 24.1. The molecule has 0 bridgehead atoms. The lowest BCUT2D eigenvalue weighted by Gasteiger charge is -2.15. The van der Waals surface area contributed by atoms with Gasteiger partial charge in [-0.05, 0) is 79.2 Å². The van der Waals surface area contributed by atoms with Crippen LogP contribution in [0, 0.1) is 6.92 Å². The van der Waals surface area contributed by atoms with Gasteiger partial charge in [0.25, 0.3) is 11.8 Å². The molecular weight excluding hydrogens is 661 g/mol. The lowest BCUT2D eigenvalue weighted by atomic mass is 10.1. The van der Waals surface area contributed by atoms with Crippen LogP contribution in [0.4, 0.5) is 37.7 Å². The van der Waals surface area contributed by atoms with Gasteiger partial charge in [-0.2, -0.15) is 26.3 Å². The lowest BCUT2D eigenvalue weighted by molar-refractivity contribution is -0.143. The van der Waals surface area contributed by atoms with Crippen molar-refractivity contribution >= 4 is 58.0 Å². The Hall–Kier alpha value is -4.13. The first kappa shape index (κ1) is 34.4. The van der Waals surface area contributed by atoms with Crippen LogP contribution in [-0.2, 0) is 12.4 Å². The summed E-state index contributed by atoms with van der Waals surface area (Å²) >= 11 is 17.5. The number of phenolic OH excluding ortho intramolecular Hbond substituents is 2. The second-order valence-corrected chi connectivity index (χ2v) is 10.3. The van der Waals surface area contributed by atoms with Crippen molar-refractivity contribution in [1.82, 2.24) is 0 Å². The van der Waals surface area contributed by atoms with Crippen LogP contribution >= 0.6 is 34.8 Å². The standard InChI is InChI=1S/C15H8ClF6NO2.C14H11Cl2NO2/c16-9-1-2-12(24)11(6-9)13(25)23-10-4-7(14(17,18)19)3-8(5-10)15(20,21)22;1-8-2-4-12(11(16)6-8)17-14(19)10-7-9(15)3-5-13(10)18/h1-6,24H,(H,23,25);2-7,18H,1H3,(H,17,19). The van der Waals surface area contributed by atoms with Crippen LogP contribution in [0.2, 0.25) is 15.1 Å². The van der Waals surface area contributed by atoms with Gasteiger partial charge in [-0.1, -0.05) is 40.9 Å². The van der Waals surface area contributed by atoms with Gasteiger partial charge in [-0.25, -0.2) is 0 Å². The zero-order valence-corrected chi connectivity index (χ0v) is 24.3. The zero-order chi connectivity index (χ0) is 33.0. The fraction of sp³-hybridized carbons (Fsp3) is 0.103. The van der Waals surface area contributed by atoms with E-state index < -0.39 is 52.3 Å². The van der Waals surface area contributed by atoms with Crippen LogP contribution in [0.25, 0.3) is 0 Å². The molecule has 0 aromatic heterocycles. The average molecular weight is 680 g/mol. The fourth-order valence-corrected chi connectivity index (χ4v) is 4.14. The van der Waals surface area contributed by atoms with Crippen molar-refractivity contribution in [3.8, 4) is 11.5 Å². The Morgan fingerprint density at radius 3 is 1.52 bits per heavy atom. The van der Waals surface area contributed by atoms with Gasteiger partial charge < -0.3 is 20.8 Å². The predicted octanol–water partition coefficient (Wildman–Crippen LogP) is 9.60. The summed E-state index contributed by atoms with van der Waals surface area (Å²) in [5, 5.41) is 24.6. The minimum Gasteiger partial charge on any atom is -0.507 e. The third-order valence-electron chi connectivity index (χ3n) is 5.62. The van der Waals surface area contributed by atoms with Crippen LogP contribution < -0.4 is 10.6 Å².